The fraction of sp³-hybridized carbons (Fsp3) is 1.00. The first kappa shape index (κ1) is 5.28. The molecule has 0 radical (unpaired) electrons. The summed E-state index contributed by atoms with van der Waals surface area (Å²) in [5, 5.41) is 0. The van der Waals surface area contributed by atoms with Crippen molar-refractivity contribution >= 4 is 8.07 Å². The largest absolute Gasteiger partial charge is 0.261 e. The van der Waals surface area contributed by atoms with Crippen molar-refractivity contribution in [2.75, 3.05) is 12.3 Å². The lowest BCUT2D eigenvalue weighted by Crippen LogP contribution is -2.32. The Balaban J connectivity index is 2.40. The zero-order valence-corrected chi connectivity index (χ0v) is 5.91. The molecule has 42 valence electrons. The topological polar surface area (TPSA) is 24.1 Å². The fourth-order valence-electron chi connectivity index (χ4n) is 0.666. The maximum absolute atomic E-state index is 3.12. The van der Waals surface area contributed by atoms with E-state index >= 15 is 0 Å². The first-order chi connectivity index (χ1) is 3.21. The molecule has 0 aliphatic carbocycles. The van der Waals surface area contributed by atoms with E-state index in [1.54, 1.807) is 0 Å². The highest BCUT2D eigenvalue weighted by Gasteiger charge is 2.24. The van der Waals surface area contributed by atoms with Gasteiger partial charge in [-0.2, -0.15) is 0 Å². The molecule has 0 aromatic rings. The summed E-state index contributed by atoms with van der Waals surface area (Å²) in [6, 6.07) is 0. The molecule has 1 fully saturated rings. The lowest BCUT2D eigenvalue weighted by Gasteiger charge is -2.07. The Morgan fingerprint density at radius 3 is 1.71 bits per heavy atom. The van der Waals surface area contributed by atoms with Crippen molar-refractivity contribution in [1.29, 1.82) is 0 Å². The molecule has 3 heteroatoms. The van der Waals surface area contributed by atoms with E-state index in [0.29, 0.717) is 0 Å². The third-order valence-electron chi connectivity index (χ3n) is 1.26. The van der Waals surface area contributed by atoms with Gasteiger partial charge in [0.2, 0.25) is 0 Å². The van der Waals surface area contributed by atoms with Crippen LogP contribution < -0.4 is 10.9 Å². The molecule has 1 heterocycles. The van der Waals surface area contributed by atoms with Gasteiger partial charge in [-0.15, -0.1) is 0 Å². The van der Waals surface area contributed by atoms with Crippen LogP contribution in [0, 0.1) is 0 Å². The van der Waals surface area contributed by atoms with Crippen LogP contribution >= 0.6 is 0 Å². The molecule has 0 aromatic heterocycles. The second-order valence-electron chi connectivity index (χ2n) is 2.87. The SMILES string of the molecule is C[Si]1(C)CNNC1. The van der Waals surface area contributed by atoms with Crippen LogP contribution in [0.2, 0.25) is 13.1 Å². The molecule has 1 aliphatic rings. The Morgan fingerprint density at radius 2 is 1.57 bits per heavy atom. The van der Waals surface area contributed by atoms with Crippen LogP contribution in [0.5, 0.6) is 0 Å². The molecule has 0 amide bonds. The highest BCUT2D eigenvalue weighted by molar-refractivity contribution is 6.78. The monoisotopic (exact) mass is 116 g/mol. The average molecular weight is 116 g/mol. The Bertz CT molecular complexity index is 64.1. The van der Waals surface area contributed by atoms with E-state index in [2.05, 4.69) is 23.9 Å². The van der Waals surface area contributed by atoms with E-state index < -0.39 is 8.07 Å². The van der Waals surface area contributed by atoms with Gasteiger partial charge in [0.1, 0.15) is 0 Å². The summed E-state index contributed by atoms with van der Waals surface area (Å²) in [6.07, 6.45) is 2.46. The molecule has 1 saturated heterocycles. The number of hydrazine groups is 1. The van der Waals surface area contributed by atoms with Crippen molar-refractivity contribution in [3.63, 3.8) is 0 Å². The minimum Gasteiger partial charge on any atom is -0.261 e. The summed E-state index contributed by atoms with van der Waals surface area (Å²) in [6.45, 7) is 4.75. The maximum atomic E-state index is 3.12. The Kier molecular flexibility index (Phi) is 1.19. The molecule has 0 bridgehead atoms. The third-order valence-corrected chi connectivity index (χ3v) is 3.53. The molecule has 0 unspecified atom stereocenters. The van der Waals surface area contributed by atoms with E-state index in [1.807, 2.05) is 0 Å². The molecule has 0 aromatic carbocycles. The predicted molar refractivity (Wildman–Crippen MR) is 33.5 cm³/mol. The van der Waals surface area contributed by atoms with Gasteiger partial charge in [0.25, 0.3) is 0 Å². The standard InChI is InChI=1S/C4H12N2Si/c1-7(2)3-5-6-4-7/h5-6H,3-4H2,1-2H3. The van der Waals surface area contributed by atoms with Gasteiger partial charge in [-0.25, -0.2) is 0 Å². The molecule has 0 spiro atoms. The van der Waals surface area contributed by atoms with Gasteiger partial charge in [-0.3, -0.25) is 10.9 Å². The van der Waals surface area contributed by atoms with Gasteiger partial charge >= 0.3 is 0 Å². The molecule has 1 rings (SSSR count). The number of hydrogen-bond acceptors (Lipinski definition) is 2. The molecule has 2 N–H and O–H groups in total. The van der Waals surface area contributed by atoms with Crippen molar-refractivity contribution in [1.82, 2.24) is 10.9 Å². The van der Waals surface area contributed by atoms with E-state index in [4.69, 9.17) is 0 Å². The minimum atomic E-state index is -0.762. The van der Waals surface area contributed by atoms with E-state index in [0.717, 1.165) is 0 Å². The van der Waals surface area contributed by atoms with Crippen LogP contribution in [0.4, 0.5) is 0 Å². The Labute approximate surface area is 45.3 Å². The summed E-state index contributed by atoms with van der Waals surface area (Å²) in [5.74, 6) is 0. The van der Waals surface area contributed by atoms with Crippen LogP contribution in [0.1, 0.15) is 0 Å². The number of hydrogen-bond donors (Lipinski definition) is 2. The van der Waals surface area contributed by atoms with E-state index in [-0.39, 0.29) is 0 Å². The van der Waals surface area contributed by atoms with Crippen LogP contribution in [-0.4, -0.2) is 20.4 Å². The summed E-state index contributed by atoms with van der Waals surface area (Å²) in [7, 11) is -0.762. The first-order valence-electron chi connectivity index (χ1n) is 2.66. The van der Waals surface area contributed by atoms with Gasteiger partial charge < -0.3 is 0 Å². The molecular weight excluding hydrogens is 104 g/mol. The molecular formula is C4H12N2Si. The summed E-state index contributed by atoms with van der Waals surface area (Å²) < 4.78 is 0. The smallest absolute Gasteiger partial charge is 0.0809 e. The lowest BCUT2D eigenvalue weighted by molar-refractivity contribution is 0.689. The van der Waals surface area contributed by atoms with Gasteiger partial charge in [0.15, 0.2) is 0 Å². The lowest BCUT2D eigenvalue weighted by atomic mass is 11.4. The van der Waals surface area contributed by atoms with Gasteiger partial charge in [0, 0.05) is 12.3 Å². The highest BCUT2D eigenvalue weighted by Crippen LogP contribution is 1.99. The van der Waals surface area contributed by atoms with Crippen LogP contribution in [0.3, 0.4) is 0 Å². The molecule has 0 atom stereocenters. The molecule has 0 saturated carbocycles. The second kappa shape index (κ2) is 1.58. The van der Waals surface area contributed by atoms with Crippen LogP contribution in [0.15, 0.2) is 0 Å². The summed E-state index contributed by atoms with van der Waals surface area (Å²) >= 11 is 0. The molecule has 1 aliphatic heterocycles. The predicted octanol–water partition coefficient (Wildman–Crippen LogP) is -0.119. The highest BCUT2D eigenvalue weighted by atomic mass is 28.3. The normalized spacial score (nSPS) is 28.3. The van der Waals surface area contributed by atoms with Crippen molar-refractivity contribution in [2.45, 2.75) is 13.1 Å². The van der Waals surface area contributed by atoms with Crippen LogP contribution in [-0.2, 0) is 0 Å². The number of rotatable bonds is 0. The third kappa shape index (κ3) is 1.26. The number of nitrogens with one attached hydrogen (secondary N) is 2. The minimum absolute atomic E-state index is 0.762. The van der Waals surface area contributed by atoms with E-state index in [9.17, 15) is 0 Å². The second-order valence-corrected chi connectivity index (χ2v) is 7.91. The molecule has 2 nitrogen and oxygen atoms in total. The van der Waals surface area contributed by atoms with Gasteiger partial charge in [-0.1, -0.05) is 13.1 Å². The average Bonchev–Trinajstić information content (AvgIpc) is 1.84. The van der Waals surface area contributed by atoms with Crippen molar-refractivity contribution in [2.24, 2.45) is 0 Å². The Hall–Kier alpha value is 0.137. The van der Waals surface area contributed by atoms with Crippen molar-refractivity contribution in [3.05, 3.63) is 0 Å². The maximum Gasteiger partial charge on any atom is 0.0809 e. The van der Waals surface area contributed by atoms with Gasteiger partial charge in [-0.05, 0) is 0 Å². The quantitative estimate of drug-likeness (QED) is 0.431. The zero-order valence-electron chi connectivity index (χ0n) is 4.91. The van der Waals surface area contributed by atoms with Crippen molar-refractivity contribution < 1.29 is 0 Å². The van der Waals surface area contributed by atoms with Crippen LogP contribution in [0.25, 0.3) is 0 Å². The van der Waals surface area contributed by atoms with E-state index in [1.165, 1.54) is 12.3 Å². The fourth-order valence-corrected chi connectivity index (χ4v) is 2.00. The summed E-state index contributed by atoms with van der Waals surface area (Å²) in [4.78, 5) is 0. The first-order valence-corrected chi connectivity index (χ1v) is 6.08. The summed E-state index contributed by atoms with van der Waals surface area (Å²) in [5.41, 5.74) is 6.25. The molecule has 7 heavy (non-hydrogen) atoms. The van der Waals surface area contributed by atoms with Gasteiger partial charge in [0.05, 0.1) is 8.07 Å². The Morgan fingerprint density at radius 1 is 1.14 bits per heavy atom. The van der Waals surface area contributed by atoms with Crippen molar-refractivity contribution in [3.8, 4) is 0 Å². The zero-order chi connectivity index (χ0) is 5.33.